The second-order valence-electron chi connectivity index (χ2n) is 6.18. The van der Waals surface area contributed by atoms with Crippen molar-refractivity contribution in [3.8, 4) is 5.75 Å². The van der Waals surface area contributed by atoms with Crippen LogP contribution in [0.4, 0.5) is 0 Å². The van der Waals surface area contributed by atoms with Gasteiger partial charge in [0.2, 0.25) is 0 Å². The van der Waals surface area contributed by atoms with E-state index in [2.05, 4.69) is 30.9 Å². The third-order valence-corrected chi connectivity index (χ3v) is 3.21. The molecule has 2 aromatic heterocycles. The van der Waals surface area contributed by atoms with Gasteiger partial charge in [0.25, 0.3) is 0 Å². The molecular weight excluding hydrogens is 270 g/mol. The van der Waals surface area contributed by atoms with E-state index < -0.39 is 5.97 Å². The zero-order valence-corrected chi connectivity index (χ0v) is 12.9. The molecule has 6 heteroatoms. The number of nitrogens with zero attached hydrogens (tertiary/aromatic N) is 3. The van der Waals surface area contributed by atoms with Gasteiger partial charge in [-0.25, -0.2) is 14.3 Å². The minimum Gasteiger partial charge on any atom is -0.505 e. The average molecular weight is 291 g/mol. The average Bonchev–Trinajstić information content (AvgIpc) is 2.84. The molecule has 0 aliphatic heterocycles. The van der Waals surface area contributed by atoms with Gasteiger partial charge in [-0.1, -0.05) is 20.8 Å². The predicted molar refractivity (Wildman–Crippen MR) is 78.4 cm³/mol. The lowest BCUT2D eigenvalue weighted by Gasteiger charge is -2.18. The lowest BCUT2D eigenvalue weighted by molar-refractivity contribution is 0.0512. The molecule has 0 atom stereocenters. The van der Waals surface area contributed by atoms with Crippen LogP contribution in [0, 0.1) is 5.41 Å². The molecule has 6 nitrogen and oxygen atoms in total. The van der Waals surface area contributed by atoms with E-state index in [-0.39, 0.29) is 23.5 Å². The van der Waals surface area contributed by atoms with Crippen LogP contribution in [-0.4, -0.2) is 32.3 Å². The molecule has 2 heterocycles. The van der Waals surface area contributed by atoms with Crippen LogP contribution in [0.25, 0.3) is 5.65 Å². The number of ether oxygens (including phenoxy) is 1. The minimum absolute atomic E-state index is 0.0175. The van der Waals surface area contributed by atoms with E-state index in [1.807, 2.05) is 0 Å². The summed E-state index contributed by atoms with van der Waals surface area (Å²) in [5, 5.41) is 14.2. The van der Waals surface area contributed by atoms with Crippen molar-refractivity contribution in [3.63, 3.8) is 0 Å². The van der Waals surface area contributed by atoms with Gasteiger partial charge in [-0.3, -0.25) is 0 Å². The van der Waals surface area contributed by atoms with Crippen molar-refractivity contribution in [2.24, 2.45) is 5.41 Å². The number of esters is 1. The number of carbonyl (C=O) groups is 1. The van der Waals surface area contributed by atoms with Crippen LogP contribution in [0.1, 0.15) is 50.2 Å². The maximum absolute atomic E-state index is 11.9. The summed E-state index contributed by atoms with van der Waals surface area (Å²) in [6.45, 7) is 8.41. The Bertz CT molecular complexity index is 656. The standard InChI is InChI=1S/C15H21N3O3/c1-5-21-14(20)12-11(19)8-10(6-7-15(2,3)4)13-16-9-17-18(12)13/h8-9,19H,5-7H2,1-4H3. The van der Waals surface area contributed by atoms with Crippen LogP contribution in [0.15, 0.2) is 12.4 Å². The largest absolute Gasteiger partial charge is 0.505 e. The van der Waals surface area contributed by atoms with Crippen molar-refractivity contribution >= 4 is 11.6 Å². The molecule has 0 radical (unpaired) electrons. The highest BCUT2D eigenvalue weighted by molar-refractivity contribution is 5.91. The van der Waals surface area contributed by atoms with E-state index in [4.69, 9.17) is 4.74 Å². The second-order valence-corrected chi connectivity index (χ2v) is 6.18. The van der Waals surface area contributed by atoms with Gasteiger partial charge in [-0.05, 0) is 31.2 Å². The number of fused-ring (bicyclic) bond motifs is 1. The number of hydrogen-bond acceptors (Lipinski definition) is 5. The van der Waals surface area contributed by atoms with Gasteiger partial charge < -0.3 is 9.84 Å². The fourth-order valence-electron chi connectivity index (χ4n) is 2.11. The van der Waals surface area contributed by atoms with Crippen LogP contribution >= 0.6 is 0 Å². The quantitative estimate of drug-likeness (QED) is 0.876. The molecule has 0 saturated heterocycles. The number of aromatic hydroxyl groups is 1. The first kappa shape index (κ1) is 15.3. The summed E-state index contributed by atoms with van der Waals surface area (Å²) in [4.78, 5) is 16.1. The Morgan fingerprint density at radius 2 is 2.14 bits per heavy atom. The highest BCUT2D eigenvalue weighted by Crippen LogP contribution is 2.27. The molecule has 21 heavy (non-hydrogen) atoms. The first-order chi connectivity index (χ1) is 9.83. The van der Waals surface area contributed by atoms with Gasteiger partial charge in [0.1, 0.15) is 12.1 Å². The van der Waals surface area contributed by atoms with E-state index in [1.165, 1.54) is 10.8 Å². The van der Waals surface area contributed by atoms with Gasteiger partial charge in [-0.15, -0.1) is 0 Å². The van der Waals surface area contributed by atoms with E-state index >= 15 is 0 Å². The molecule has 1 N–H and O–H groups in total. The second kappa shape index (κ2) is 5.71. The zero-order valence-electron chi connectivity index (χ0n) is 12.9. The number of aryl methyl sites for hydroxylation is 1. The van der Waals surface area contributed by atoms with Crippen molar-refractivity contribution in [1.29, 1.82) is 0 Å². The third-order valence-electron chi connectivity index (χ3n) is 3.21. The third kappa shape index (κ3) is 3.32. The summed E-state index contributed by atoms with van der Waals surface area (Å²) >= 11 is 0. The number of hydrogen-bond donors (Lipinski definition) is 1. The van der Waals surface area contributed by atoms with Gasteiger partial charge in [0, 0.05) is 5.56 Å². The fourth-order valence-corrected chi connectivity index (χ4v) is 2.11. The molecule has 0 bridgehead atoms. The SMILES string of the molecule is CCOC(=O)c1c(O)cc(CCC(C)(C)C)c2ncnn12. The number of rotatable bonds is 4. The van der Waals surface area contributed by atoms with Crippen molar-refractivity contribution in [2.75, 3.05) is 6.61 Å². The Hall–Kier alpha value is -2.11. The van der Waals surface area contributed by atoms with Crippen LogP contribution in [0.2, 0.25) is 0 Å². The van der Waals surface area contributed by atoms with E-state index in [0.717, 1.165) is 18.4 Å². The van der Waals surface area contributed by atoms with E-state index in [1.54, 1.807) is 13.0 Å². The molecule has 0 aliphatic carbocycles. The maximum atomic E-state index is 11.9. The van der Waals surface area contributed by atoms with Gasteiger partial charge in [0.05, 0.1) is 6.61 Å². The first-order valence-corrected chi connectivity index (χ1v) is 7.05. The Kier molecular flexibility index (Phi) is 4.16. The maximum Gasteiger partial charge on any atom is 0.360 e. The van der Waals surface area contributed by atoms with E-state index in [0.29, 0.717) is 5.65 Å². The van der Waals surface area contributed by atoms with Crippen molar-refractivity contribution < 1.29 is 14.6 Å². The summed E-state index contributed by atoms with van der Waals surface area (Å²) in [6, 6.07) is 1.59. The normalized spacial score (nSPS) is 11.8. The van der Waals surface area contributed by atoms with Gasteiger partial charge >= 0.3 is 5.97 Å². The molecule has 0 fully saturated rings. The van der Waals surface area contributed by atoms with E-state index in [9.17, 15) is 9.90 Å². The first-order valence-electron chi connectivity index (χ1n) is 7.05. The molecule has 2 aromatic rings. The molecule has 2 rings (SSSR count). The molecule has 0 saturated carbocycles. The number of pyridine rings is 1. The molecular formula is C15H21N3O3. The topological polar surface area (TPSA) is 76.7 Å². The number of aromatic nitrogens is 3. The molecule has 0 aromatic carbocycles. The Morgan fingerprint density at radius 1 is 1.43 bits per heavy atom. The smallest absolute Gasteiger partial charge is 0.360 e. The summed E-state index contributed by atoms with van der Waals surface area (Å²) in [7, 11) is 0. The molecule has 114 valence electrons. The minimum atomic E-state index is -0.604. The Balaban J connectivity index is 2.45. The van der Waals surface area contributed by atoms with Crippen molar-refractivity contribution in [2.45, 2.75) is 40.5 Å². The summed E-state index contributed by atoms with van der Waals surface area (Å²) in [5.74, 6) is -0.733. The molecule has 0 amide bonds. The number of carbonyl (C=O) groups excluding carboxylic acids is 1. The predicted octanol–water partition coefficient (Wildman–Crippen LogP) is 2.59. The molecule has 0 aliphatic rings. The van der Waals surface area contributed by atoms with Crippen LogP contribution in [0.3, 0.4) is 0 Å². The monoisotopic (exact) mass is 291 g/mol. The van der Waals surface area contributed by atoms with Crippen LogP contribution in [0.5, 0.6) is 5.75 Å². The Morgan fingerprint density at radius 3 is 2.76 bits per heavy atom. The fraction of sp³-hybridized carbons (Fsp3) is 0.533. The summed E-state index contributed by atoms with van der Waals surface area (Å²) in [5.41, 5.74) is 1.64. The van der Waals surface area contributed by atoms with Gasteiger partial charge in [-0.2, -0.15) is 5.10 Å². The highest BCUT2D eigenvalue weighted by Gasteiger charge is 2.21. The Labute approximate surface area is 123 Å². The summed E-state index contributed by atoms with van der Waals surface area (Å²) < 4.78 is 6.31. The molecule has 0 spiro atoms. The lowest BCUT2D eigenvalue weighted by atomic mass is 9.89. The summed E-state index contributed by atoms with van der Waals surface area (Å²) in [6.07, 6.45) is 3.06. The lowest BCUT2D eigenvalue weighted by Crippen LogP contribution is -2.13. The van der Waals surface area contributed by atoms with Gasteiger partial charge in [0.15, 0.2) is 11.3 Å². The van der Waals surface area contributed by atoms with Crippen LogP contribution in [-0.2, 0) is 11.2 Å². The highest BCUT2D eigenvalue weighted by atomic mass is 16.5. The van der Waals surface area contributed by atoms with Crippen molar-refractivity contribution in [1.82, 2.24) is 14.6 Å². The van der Waals surface area contributed by atoms with Crippen LogP contribution < -0.4 is 0 Å². The zero-order chi connectivity index (χ0) is 15.6. The van der Waals surface area contributed by atoms with Crippen molar-refractivity contribution in [3.05, 3.63) is 23.7 Å². The molecule has 0 unspecified atom stereocenters.